The molecule has 0 bridgehead atoms. The summed E-state index contributed by atoms with van der Waals surface area (Å²) < 4.78 is 52.3. The third-order valence-corrected chi connectivity index (χ3v) is 3.51. The Balaban J connectivity index is 2.10. The largest absolute Gasteiger partial charge is 0.456 e. The van der Waals surface area contributed by atoms with Crippen LogP contribution in [0.2, 0.25) is 0 Å². The van der Waals surface area contributed by atoms with Gasteiger partial charge in [-0.25, -0.2) is 4.39 Å². The van der Waals surface area contributed by atoms with Crippen molar-refractivity contribution in [2.75, 3.05) is 0 Å². The van der Waals surface area contributed by atoms with Crippen LogP contribution in [0.5, 0.6) is 0 Å². The Kier molecular flexibility index (Phi) is 4.10. The Morgan fingerprint density at radius 3 is 2.23 bits per heavy atom. The summed E-state index contributed by atoms with van der Waals surface area (Å²) in [5.74, 6) is -3.44. The number of aromatic nitrogens is 3. The molecule has 26 heavy (non-hydrogen) atoms. The molecule has 0 aliphatic rings. The van der Waals surface area contributed by atoms with E-state index in [1.54, 1.807) is 0 Å². The fourth-order valence-corrected chi connectivity index (χ4v) is 2.32. The van der Waals surface area contributed by atoms with E-state index in [9.17, 15) is 32.4 Å². The SMILES string of the molecule is O=C(c1ccc(F)cc1)c1cc(C(=O)C(F)(F)F)n(-c2cnn(O)c2)c1. The van der Waals surface area contributed by atoms with Crippen LogP contribution in [-0.2, 0) is 0 Å². The van der Waals surface area contributed by atoms with Gasteiger partial charge in [0.1, 0.15) is 5.82 Å². The maximum Gasteiger partial charge on any atom is 0.456 e. The maximum atomic E-state index is 13.0. The normalized spacial score (nSPS) is 11.5. The minimum Gasteiger partial charge on any atom is -0.412 e. The first-order valence-corrected chi connectivity index (χ1v) is 7.05. The van der Waals surface area contributed by atoms with Gasteiger partial charge >= 0.3 is 6.18 Å². The summed E-state index contributed by atoms with van der Waals surface area (Å²) in [7, 11) is 0. The summed E-state index contributed by atoms with van der Waals surface area (Å²) in [6.07, 6.45) is -2.18. The third kappa shape index (κ3) is 3.21. The van der Waals surface area contributed by atoms with E-state index in [4.69, 9.17) is 0 Å². The van der Waals surface area contributed by atoms with Crippen LogP contribution in [0.3, 0.4) is 0 Å². The molecule has 134 valence electrons. The number of rotatable bonds is 4. The maximum absolute atomic E-state index is 13.0. The van der Waals surface area contributed by atoms with Gasteiger partial charge in [0, 0.05) is 17.3 Å². The van der Waals surface area contributed by atoms with Crippen molar-refractivity contribution in [2.24, 2.45) is 0 Å². The first kappa shape index (κ1) is 17.4. The highest BCUT2D eigenvalue weighted by atomic mass is 19.4. The van der Waals surface area contributed by atoms with Gasteiger partial charge in [-0.3, -0.25) is 9.59 Å². The smallest absolute Gasteiger partial charge is 0.412 e. The van der Waals surface area contributed by atoms with E-state index in [0.29, 0.717) is 4.85 Å². The second kappa shape index (κ2) is 6.14. The number of Topliss-reactive ketones (excluding diaryl/α,β-unsaturated/α-hetero) is 1. The molecule has 2 heterocycles. The number of hydrogen-bond donors (Lipinski definition) is 1. The molecule has 0 amide bonds. The molecule has 10 heteroatoms. The molecule has 0 aliphatic carbocycles. The van der Waals surface area contributed by atoms with Crippen LogP contribution in [0.15, 0.2) is 48.9 Å². The molecular formula is C16H9F4N3O3. The minimum absolute atomic E-state index is 0.0346. The molecule has 0 aliphatic heterocycles. The van der Waals surface area contributed by atoms with Crippen molar-refractivity contribution in [2.45, 2.75) is 6.18 Å². The van der Waals surface area contributed by atoms with Gasteiger partial charge in [-0.2, -0.15) is 13.2 Å². The first-order valence-electron chi connectivity index (χ1n) is 7.05. The predicted octanol–water partition coefficient (Wildman–Crippen LogP) is 3.03. The summed E-state index contributed by atoms with van der Waals surface area (Å²) in [6, 6.07) is 5.19. The molecule has 2 aromatic heterocycles. The average Bonchev–Trinajstić information content (AvgIpc) is 3.19. The number of ketones is 2. The zero-order valence-corrected chi connectivity index (χ0v) is 12.7. The lowest BCUT2D eigenvalue weighted by atomic mass is 10.1. The first-order chi connectivity index (χ1) is 12.2. The van der Waals surface area contributed by atoms with E-state index in [2.05, 4.69) is 5.10 Å². The number of alkyl halides is 3. The van der Waals surface area contributed by atoms with E-state index in [0.717, 1.165) is 41.4 Å². The van der Waals surface area contributed by atoms with Crippen molar-refractivity contribution in [3.05, 3.63) is 71.6 Å². The molecule has 3 rings (SSSR count). The van der Waals surface area contributed by atoms with Gasteiger partial charge in [-0.05, 0) is 30.3 Å². The van der Waals surface area contributed by atoms with Crippen LogP contribution in [0.4, 0.5) is 17.6 Å². The van der Waals surface area contributed by atoms with Crippen LogP contribution in [-0.4, -0.2) is 37.5 Å². The number of benzene rings is 1. The number of nitrogens with zero attached hydrogens (tertiary/aromatic N) is 3. The van der Waals surface area contributed by atoms with Gasteiger partial charge < -0.3 is 9.77 Å². The van der Waals surface area contributed by atoms with Crippen LogP contribution in [0, 0.1) is 5.82 Å². The number of carbonyl (C=O) groups is 2. The molecule has 6 nitrogen and oxygen atoms in total. The molecule has 0 radical (unpaired) electrons. The van der Waals surface area contributed by atoms with Crippen LogP contribution in [0.25, 0.3) is 5.69 Å². The predicted molar refractivity (Wildman–Crippen MR) is 79.0 cm³/mol. The Bertz CT molecular complexity index is 987. The van der Waals surface area contributed by atoms with E-state index in [-0.39, 0.29) is 16.8 Å². The molecule has 0 saturated carbocycles. The van der Waals surface area contributed by atoms with Crippen molar-refractivity contribution in [1.29, 1.82) is 0 Å². The Morgan fingerprint density at radius 1 is 1.04 bits per heavy atom. The molecular weight excluding hydrogens is 358 g/mol. The molecule has 0 unspecified atom stereocenters. The van der Waals surface area contributed by atoms with Crippen LogP contribution >= 0.6 is 0 Å². The van der Waals surface area contributed by atoms with Crippen molar-refractivity contribution in [1.82, 2.24) is 14.5 Å². The zero-order chi connectivity index (χ0) is 19.1. The lowest BCUT2D eigenvalue weighted by Gasteiger charge is -2.07. The van der Waals surface area contributed by atoms with Gasteiger partial charge in [0.15, 0.2) is 5.78 Å². The summed E-state index contributed by atoms with van der Waals surface area (Å²) >= 11 is 0. The molecule has 0 atom stereocenters. The highest BCUT2D eigenvalue weighted by molar-refractivity contribution is 6.11. The lowest BCUT2D eigenvalue weighted by Crippen LogP contribution is -2.25. The summed E-state index contributed by atoms with van der Waals surface area (Å²) in [4.78, 5) is 24.5. The third-order valence-electron chi connectivity index (χ3n) is 3.51. The topological polar surface area (TPSA) is 77.1 Å². The van der Waals surface area contributed by atoms with Gasteiger partial charge in [-0.15, -0.1) is 9.94 Å². The number of hydrogen-bond acceptors (Lipinski definition) is 4. The number of halogens is 4. The van der Waals surface area contributed by atoms with E-state index >= 15 is 0 Å². The van der Waals surface area contributed by atoms with Crippen molar-refractivity contribution < 1.29 is 32.4 Å². The summed E-state index contributed by atoms with van der Waals surface area (Å²) in [6.45, 7) is 0. The van der Waals surface area contributed by atoms with Crippen molar-refractivity contribution in [3.8, 4) is 5.69 Å². The second-order valence-electron chi connectivity index (χ2n) is 5.27. The Morgan fingerprint density at radius 2 is 1.69 bits per heavy atom. The molecule has 3 aromatic rings. The van der Waals surface area contributed by atoms with E-state index < -0.39 is 29.3 Å². The van der Waals surface area contributed by atoms with Crippen LogP contribution < -0.4 is 0 Å². The Hall–Kier alpha value is -3.43. The zero-order valence-electron chi connectivity index (χ0n) is 12.7. The van der Waals surface area contributed by atoms with Gasteiger partial charge in [-0.1, -0.05) is 0 Å². The van der Waals surface area contributed by atoms with E-state index in [1.807, 2.05) is 0 Å². The minimum atomic E-state index is -5.17. The molecule has 0 fully saturated rings. The Labute approximate surface area is 142 Å². The summed E-state index contributed by atoms with van der Waals surface area (Å²) in [5, 5.41) is 12.6. The van der Waals surface area contributed by atoms with Gasteiger partial charge in [0.25, 0.3) is 5.78 Å². The number of carbonyl (C=O) groups excluding carboxylic acids is 2. The molecule has 1 aromatic carbocycles. The molecule has 1 N–H and O–H groups in total. The molecule has 0 saturated heterocycles. The fraction of sp³-hybridized carbons (Fsp3) is 0.0625. The monoisotopic (exact) mass is 367 g/mol. The van der Waals surface area contributed by atoms with Crippen molar-refractivity contribution >= 4 is 11.6 Å². The van der Waals surface area contributed by atoms with E-state index in [1.165, 1.54) is 12.1 Å². The van der Waals surface area contributed by atoms with Crippen molar-refractivity contribution in [3.63, 3.8) is 0 Å². The standard InChI is InChI=1S/C16H9F4N3O3/c17-11-3-1-9(2-4-11)14(24)10-5-13(15(25)16(18,19)20)22(7-10)12-6-21-23(26)8-12/h1-8,26H. The highest BCUT2D eigenvalue weighted by Crippen LogP contribution is 2.26. The van der Waals surface area contributed by atoms with Gasteiger partial charge in [0.2, 0.25) is 0 Å². The van der Waals surface area contributed by atoms with Crippen LogP contribution in [0.1, 0.15) is 26.4 Å². The summed E-state index contributed by atoms with van der Waals surface area (Å²) in [5.41, 5.74) is -1.06. The fourth-order valence-electron chi connectivity index (χ4n) is 2.32. The molecule has 0 spiro atoms. The average molecular weight is 367 g/mol. The quantitative estimate of drug-likeness (QED) is 0.437. The second-order valence-corrected chi connectivity index (χ2v) is 5.27. The highest BCUT2D eigenvalue weighted by Gasteiger charge is 2.41. The lowest BCUT2D eigenvalue weighted by molar-refractivity contribution is -0.0889. The van der Waals surface area contributed by atoms with Gasteiger partial charge in [0.05, 0.1) is 23.8 Å².